The normalized spacial score (nSPS) is 19.2. The molecule has 0 radical (unpaired) electrons. The number of hydrogen-bond acceptors (Lipinski definition) is 5. The SMILES string of the molecule is COCC(=O)N1CCN2C(=O)c3cc(-c4ccsc4)ccc3NC(=O)[C@H]2C1. The Balaban J connectivity index is 1.64. The summed E-state index contributed by atoms with van der Waals surface area (Å²) in [6.07, 6.45) is 0. The van der Waals surface area contributed by atoms with Crippen molar-refractivity contribution >= 4 is 34.7 Å². The summed E-state index contributed by atoms with van der Waals surface area (Å²) in [6, 6.07) is 6.78. The molecule has 1 N–H and O–H groups in total. The quantitative estimate of drug-likeness (QED) is 0.872. The van der Waals surface area contributed by atoms with E-state index in [2.05, 4.69) is 5.32 Å². The summed E-state index contributed by atoms with van der Waals surface area (Å²) < 4.78 is 4.89. The number of piperazine rings is 1. The average Bonchev–Trinajstić information content (AvgIpc) is 3.19. The molecule has 0 bridgehead atoms. The van der Waals surface area contributed by atoms with E-state index in [0.717, 1.165) is 11.1 Å². The van der Waals surface area contributed by atoms with Gasteiger partial charge < -0.3 is 19.9 Å². The first-order valence-corrected chi connectivity index (χ1v) is 9.58. The van der Waals surface area contributed by atoms with Crippen molar-refractivity contribution in [2.45, 2.75) is 6.04 Å². The predicted molar refractivity (Wildman–Crippen MR) is 102 cm³/mol. The molecule has 4 rings (SSSR count). The lowest BCUT2D eigenvalue weighted by atomic mass is 10.0. The zero-order valence-corrected chi connectivity index (χ0v) is 15.6. The molecule has 7 nitrogen and oxygen atoms in total. The number of amides is 3. The van der Waals surface area contributed by atoms with E-state index in [-0.39, 0.29) is 30.9 Å². The first-order valence-electron chi connectivity index (χ1n) is 8.63. The maximum atomic E-state index is 13.1. The molecule has 1 aromatic heterocycles. The lowest BCUT2D eigenvalue weighted by Crippen LogP contribution is -2.59. The summed E-state index contributed by atoms with van der Waals surface area (Å²) in [5, 5.41) is 6.85. The van der Waals surface area contributed by atoms with Crippen LogP contribution >= 0.6 is 11.3 Å². The zero-order chi connectivity index (χ0) is 19.0. The van der Waals surface area contributed by atoms with E-state index < -0.39 is 6.04 Å². The van der Waals surface area contributed by atoms with Crippen LogP contribution in [0, 0.1) is 0 Å². The highest BCUT2D eigenvalue weighted by Gasteiger charge is 2.40. The second kappa shape index (κ2) is 7.13. The minimum Gasteiger partial charge on any atom is -0.375 e. The molecule has 27 heavy (non-hydrogen) atoms. The topological polar surface area (TPSA) is 79.0 Å². The largest absolute Gasteiger partial charge is 0.375 e. The van der Waals surface area contributed by atoms with Gasteiger partial charge >= 0.3 is 0 Å². The number of anilines is 1. The summed E-state index contributed by atoms with van der Waals surface area (Å²) in [5.41, 5.74) is 2.96. The van der Waals surface area contributed by atoms with Gasteiger partial charge in [0.05, 0.1) is 17.8 Å². The molecule has 2 aromatic rings. The molecule has 0 unspecified atom stereocenters. The number of benzene rings is 1. The number of fused-ring (bicyclic) bond motifs is 2. The molecule has 0 saturated carbocycles. The molecule has 3 heterocycles. The van der Waals surface area contributed by atoms with Gasteiger partial charge in [0, 0.05) is 20.2 Å². The third kappa shape index (κ3) is 3.22. The van der Waals surface area contributed by atoms with Gasteiger partial charge in [-0.2, -0.15) is 11.3 Å². The van der Waals surface area contributed by atoms with E-state index in [1.165, 1.54) is 7.11 Å². The Labute approximate surface area is 160 Å². The van der Waals surface area contributed by atoms with Crippen LogP contribution in [0.1, 0.15) is 10.4 Å². The van der Waals surface area contributed by atoms with E-state index >= 15 is 0 Å². The summed E-state index contributed by atoms with van der Waals surface area (Å²) in [6.45, 7) is 0.837. The second-order valence-corrected chi connectivity index (χ2v) is 7.33. The highest BCUT2D eigenvalue weighted by atomic mass is 32.1. The van der Waals surface area contributed by atoms with Gasteiger partial charge in [0.15, 0.2) is 0 Å². The average molecular weight is 385 g/mol. The van der Waals surface area contributed by atoms with Crippen LogP contribution in [0.2, 0.25) is 0 Å². The number of nitrogens with one attached hydrogen (secondary N) is 1. The fourth-order valence-electron chi connectivity index (χ4n) is 3.50. The van der Waals surface area contributed by atoms with E-state index in [1.54, 1.807) is 27.2 Å². The van der Waals surface area contributed by atoms with Crippen molar-refractivity contribution in [2.24, 2.45) is 0 Å². The molecule has 1 aromatic carbocycles. The molecule has 2 aliphatic rings. The van der Waals surface area contributed by atoms with Crippen LogP contribution in [-0.2, 0) is 14.3 Å². The van der Waals surface area contributed by atoms with E-state index in [0.29, 0.717) is 24.3 Å². The molecular weight excluding hydrogens is 366 g/mol. The third-order valence-electron chi connectivity index (χ3n) is 4.93. The number of hydrogen-bond donors (Lipinski definition) is 1. The highest BCUT2D eigenvalue weighted by Crippen LogP contribution is 2.31. The number of carbonyl (C=O) groups excluding carboxylic acids is 3. The molecule has 1 saturated heterocycles. The minimum absolute atomic E-state index is 0.0352. The van der Waals surface area contributed by atoms with Gasteiger partial charge in [0.25, 0.3) is 5.91 Å². The fraction of sp³-hybridized carbons (Fsp3) is 0.316. The Morgan fingerprint density at radius 1 is 1.26 bits per heavy atom. The van der Waals surface area contributed by atoms with Crippen molar-refractivity contribution < 1.29 is 19.1 Å². The lowest BCUT2D eigenvalue weighted by Gasteiger charge is -2.39. The Hall–Kier alpha value is -2.71. The Morgan fingerprint density at radius 2 is 2.11 bits per heavy atom. The number of methoxy groups -OCH3 is 1. The van der Waals surface area contributed by atoms with Crippen LogP contribution in [-0.4, -0.2) is 66.9 Å². The molecule has 1 fully saturated rings. The number of nitrogens with zero attached hydrogens (tertiary/aromatic N) is 2. The van der Waals surface area contributed by atoms with Crippen LogP contribution in [0.4, 0.5) is 5.69 Å². The standard InChI is InChI=1S/C19H19N3O4S/c1-26-10-17(23)21-5-6-22-16(9-21)18(24)20-15-3-2-12(8-14(15)19(22)25)13-4-7-27-11-13/h2-4,7-8,11,16H,5-6,9-10H2,1H3,(H,20,24)/t16-/m1/s1. The van der Waals surface area contributed by atoms with Crippen LogP contribution < -0.4 is 5.32 Å². The summed E-state index contributed by atoms with van der Waals surface area (Å²) >= 11 is 1.59. The summed E-state index contributed by atoms with van der Waals surface area (Å²) in [5.74, 6) is -0.650. The minimum atomic E-state index is -0.705. The lowest BCUT2D eigenvalue weighted by molar-refractivity contribution is -0.139. The Bertz CT molecular complexity index is 896. The van der Waals surface area contributed by atoms with Gasteiger partial charge in [0.1, 0.15) is 12.6 Å². The van der Waals surface area contributed by atoms with Crippen LogP contribution in [0.3, 0.4) is 0 Å². The monoisotopic (exact) mass is 385 g/mol. The zero-order valence-electron chi connectivity index (χ0n) is 14.8. The van der Waals surface area contributed by atoms with Crippen molar-refractivity contribution in [3.8, 4) is 11.1 Å². The molecule has 8 heteroatoms. The van der Waals surface area contributed by atoms with Crippen molar-refractivity contribution in [1.29, 1.82) is 0 Å². The van der Waals surface area contributed by atoms with Gasteiger partial charge in [0.2, 0.25) is 11.8 Å². The molecule has 3 amide bonds. The second-order valence-electron chi connectivity index (χ2n) is 6.55. The first kappa shape index (κ1) is 17.7. The highest BCUT2D eigenvalue weighted by molar-refractivity contribution is 7.08. The van der Waals surface area contributed by atoms with Gasteiger partial charge in [-0.05, 0) is 40.1 Å². The smallest absolute Gasteiger partial charge is 0.256 e. The third-order valence-corrected chi connectivity index (χ3v) is 5.61. The number of carbonyl (C=O) groups is 3. The fourth-order valence-corrected chi connectivity index (χ4v) is 4.17. The number of ether oxygens (including phenoxy) is 1. The van der Waals surface area contributed by atoms with E-state index in [4.69, 9.17) is 4.74 Å². The summed E-state index contributed by atoms with van der Waals surface area (Å²) in [4.78, 5) is 41.1. The maximum absolute atomic E-state index is 13.1. The van der Waals surface area contributed by atoms with Gasteiger partial charge in [-0.25, -0.2) is 0 Å². The molecule has 0 spiro atoms. The molecule has 0 aliphatic carbocycles. The summed E-state index contributed by atoms with van der Waals surface area (Å²) in [7, 11) is 1.46. The molecular formula is C19H19N3O4S. The maximum Gasteiger partial charge on any atom is 0.256 e. The molecule has 140 valence electrons. The first-order chi connectivity index (χ1) is 13.1. The van der Waals surface area contributed by atoms with Crippen LogP contribution in [0.15, 0.2) is 35.0 Å². The molecule has 1 atom stereocenters. The van der Waals surface area contributed by atoms with Crippen LogP contribution in [0.5, 0.6) is 0 Å². The predicted octanol–water partition coefficient (Wildman–Crippen LogP) is 1.67. The van der Waals surface area contributed by atoms with Crippen LogP contribution in [0.25, 0.3) is 11.1 Å². The van der Waals surface area contributed by atoms with Gasteiger partial charge in [-0.3, -0.25) is 14.4 Å². The molecule has 2 aliphatic heterocycles. The number of thiophene rings is 1. The van der Waals surface area contributed by atoms with Crippen molar-refractivity contribution in [2.75, 3.05) is 38.7 Å². The number of rotatable bonds is 3. The van der Waals surface area contributed by atoms with E-state index in [1.807, 2.05) is 29.0 Å². The van der Waals surface area contributed by atoms with Crippen molar-refractivity contribution in [1.82, 2.24) is 9.80 Å². The Morgan fingerprint density at radius 3 is 2.85 bits per heavy atom. The van der Waals surface area contributed by atoms with Gasteiger partial charge in [-0.15, -0.1) is 0 Å². The van der Waals surface area contributed by atoms with Crippen molar-refractivity contribution in [3.63, 3.8) is 0 Å². The van der Waals surface area contributed by atoms with E-state index in [9.17, 15) is 14.4 Å². The van der Waals surface area contributed by atoms with Gasteiger partial charge in [-0.1, -0.05) is 6.07 Å². The van der Waals surface area contributed by atoms with Crippen molar-refractivity contribution in [3.05, 3.63) is 40.6 Å². The Kier molecular flexibility index (Phi) is 4.67.